The molecule has 0 aliphatic carbocycles. The molecular weight excluding hydrogens is 440 g/mol. The van der Waals surface area contributed by atoms with Crippen LogP contribution in [0.2, 0.25) is 0 Å². The van der Waals surface area contributed by atoms with E-state index in [-0.39, 0.29) is 5.91 Å². The highest BCUT2D eigenvalue weighted by molar-refractivity contribution is 7.21. The van der Waals surface area contributed by atoms with Gasteiger partial charge in [-0.25, -0.2) is 10.4 Å². The molecule has 0 aliphatic rings. The zero-order valence-corrected chi connectivity index (χ0v) is 19.8. The summed E-state index contributed by atoms with van der Waals surface area (Å²) < 4.78 is 18.1. The number of nitrogens with zero attached hydrogens (tertiary/aromatic N) is 3. The van der Waals surface area contributed by atoms with Crippen molar-refractivity contribution < 1.29 is 19.0 Å². The van der Waals surface area contributed by atoms with E-state index in [1.807, 2.05) is 49.0 Å². The molecule has 4 rings (SSSR count). The Morgan fingerprint density at radius 3 is 2.48 bits per heavy atom. The van der Waals surface area contributed by atoms with Crippen molar-refractivity contribution in [2.75, 3.05) is 21.3 Å². The quantitative estimate of drug-likeness (QED) is 0.322. The molecule has 3 aromatic heterocycles. The Kier molecular flexibility index (Phi) is 6.32. The number of thiophene rings is 1. The van der Waals surface area contributed by atoms with Crippen molar-refractivity contribution >= 4 is 33.7 Å². The van der Waals surface area contributed by atoms with Crippen LogP contribution in [0.1, 0.15) is 26.5 Å². The van der Waals surface area contributed by atoms with Gasteiger partial charge in [0.15, 0.2) is 11.5 Å². The number of hydrazone groups is 1. The normalized spacial score (nSPS) is 11.2. The maximum Gasteiger partial charge on any atom is 0.283 e. The third kappa shape index (κ3) is 4.14. The number of hydrogen-bond acceptors (Lipinski definition) is 7. The number of aromatic nitrogens is 2. The molecule has 0 spiro atoms. The first-order valence-corrected chi connectivity index (χ1v) is 11.0. The largest absolute Gasteiger partial charge is 0.493 e. The van der Waals surface area contributed by atoms with E-state index in [9.17, 15) is 4.79 Å². The number of benzene rings is 1. The fraction of sp³-hybridized carbons (Fsp3) is 0.208. The van der Waals surface area contributed by atoms with Crippen molar-refractivity contribution in [1.82, 2.24) is 15.0 Å². The smallest absolute Gasteiger partial charge is 0.283 e. The molecule has 0 atom stereocenters. The van der Waals surface area contributed by atoms with Gasteiger partial charge in [-0.1, -0.05) is 0 Å². The number of rotatable bonds is 7. The van der Waals surface area contributed by atoms with Crippen molar-refractivity contribution in [1.29, 1.82) is 0 Å². The van der Waals surface area contributed by atoms with Gasteiger partial charge in [0.2, 0.25) is 5.75 Å². The van der Waals surface area contributed by atoms with Crippen LogP contribution in [-0.4, -0.2) is 43.0 Å². The number of fused-ring (bicyclic) bond motifs is 1. The van der Waals surface area contributed by atoms with Gasteiger partial charge in [-0.3, -0.25) is 4.79 Å². The Morgan fingerprint density at radius 2 is 1.82 bits per heavy atom. The second-order valence-corrected chi connectivity index (χ2v) is 8.25. The predicted octanol–water partition coefficient (Wildman–Crippen LogP) is 4.49. The lowest BCUT2D eigenvalue weighted by atomic mass is 10.1. The fourth-order valence-corrected chi connectivity index (χ4v) is 4.93. The molecule has 0 unspecified atom stereocenters. The second kappa shape index (κ2) is 9.33. The first-order valence-electron chi connectivity index (χ1n) is 10.1. The molecule has 33 heavy (non-hydrogen) atoms. The molecule has 1 amide bonds. The summed E-state index contributed by atoms with van der Waals surface area (Å²) in [6.07, 6.45) is 5.33. The van der Waals surface area contributed by atoms with E-state index in [0.717, 1.165) is 27.2 Å². The molecule has 170 valence electrons. The number of hydrogen-bond donors (Lipinski definition) is 1. The highest BCUT2D eigenvalue weighted by atomic mass is 32.1. The maximum atomic E-state index is 13.2. The monoisotopic (exact) mass is 464 g/mol. The minimum Gasteiger partial charge on any atom is -0.493 e. The van der Waals surface area contributed by atoms with Crippen molar-refractivity contribution in [2.24, 2.45) is 5.10 Å². The number of carbonyl (C=O) groups excluding carboxylic acids is 1. The lowest BCUT2D eigenvalue weighted by molar-refractivity contribution is 0.0959. The fourth-order valence-electron chi connectivity index (χ4n) is 3.74. The van der Waals surface area contributed by atoms with E-state index in [2.05, 4.69) is 15.5 Å². The molecule has 0 fully saturated rings. The minimum absolute atomic E-state index is 0.325. The third-order valence-corrected chi connectivity index (χ3v) is 6.21. The lowest BCUT2D eigenvalue weighted by Gasteiger charge is -2.13. The van der Waals surface area contributed by atoms with Gasteiger partial charge in [0.1, 0.15) is 9.71 Å². The Labute approximate surface area is 195 Å². The van der Waals surface area contributed by atoms with Gasteiger partial charge in [-0.2, -0.15) is 5.10 Å². The van der Waals surface area contributed by atoms with Gasteiger partial charge < -0.3 is 18.8 Å². The van der Waals surface area contributed by atoms with Crippen LogP contribution in [0.4, 0.5) is 0 Å². The van der Waals surface area contributed by atoms with E-state index in [0.29, 0.717) is 27.7 Å². The molecule has 0 radical (unpaired) electrons. The van der Waals surface area contributed by atoms with Crippen LogP contribution < -0.4 is 19.6 Å². The zero-order chi connectivity index (χ0) is 23.5. The van der Waals surface area contributed by atoms with Gasteiger partial charge in [-0.15, -0.1) is 11.3 Å². The Bertz CT molecular complexity index is 1340. The summed E-state index contributed by atoms with van der Waals surface area (Å²) in [5.74, 6) is 1.12. The first-order chi connectivity index (χ1) is 16.0. The standard InChI is InChI=1S/C24H24N4O4S/c1-14-12-15(2)26-24-18(14)19(28-10-6-7-11-28)22(33-24)23(29)27-25-13-16-8-9-17(30-3)21(32-5)20(16)31-4/h6-13H,1-5H3,(H,27,29)/b25-13+. The molecule has 1 N–H and O–H groups in total. The number of amides is 1. The van der Waals surface area contributed by atoms with Crippen LogP contribution in [0.3, 0.4) is 0 Å². The van der Waals surface area contributed by atoms with E-state index in [1.165, 1.54) is 31.8 Å². The Morgan fingerprint density at radius 1 is 1.09 bits per heavy atom. The van der Waals surface area contributed by atoms with Crippen LogP contribution in [0, 0.1) is 13.8 Å². The minimum atomic E-state index is -0.325. The summed E-state index contributed by atoms with van der Waals surface area (Å²) in [6, 6.07) is 9.38. The summed E-state index contributed by atoms with van der Waals surface area (Å²) in [5, 5.41) is 5.12. The summed E-state index contributed by atoms with van der Waals surface area (Å²) in [6.45, 7) is 3.97. The van der Waals surface area contributed by atoms with E-state index in [4.69, 9.17) is 14.2 Å². The van der Waals surface area contributed by atoms with E-state index >= 15 is 0 Å². The highest BCUT2D eigenvalue weighted by Gasteiger charge is 2.22. The number of pyridine rings is 1. The van der Waals surface area contributed by atoms with E-state index < -0.39 is 0 Å². The van der Waals surface area contributed by atoms with Crippen molar-refractivity contribution in [3.8, 4) is 22.9 Å². The van der Waals surface area contributed by atoms with Crippen LogP contribution in [0.15, 0.2) is 47.8 Å². The molecule has 1 aromatic carbocycles. The van der Waals surface area contributed by atoms with Gasteiger partial charge in [0.05, 0.1) is 33.2 Å². The molecular formula is C24H24N4O4S. The SMILES string of the molecule is COc1ccc(/C=N/NC(=O)c2sc3nc(C)cc(C)c3c2-n2cccc2)c(OC)c1OC. The molecule has 3 heterocycles. The Hall–Kier alpha value is -3.85. The van der Waals surface area contributed by atoms with Crippen molar-refractivity contribution in [3.63, 3.8) is 0 Å². The van der Waals surface area contributed by atoms with Crippen LogP contribution in [0.5, 0.6) is 17.2 Å². The number of carbonyl (C=O) groups is 1. The van der Waals surface area contributed by atoms with Gasteiger partial charge in [-0.05, 0) is 49.7 Å². The molecule has 4 aromatic rings. The van der Waals surface area contributed by atoms with E-state index in [1.54, 1.807) is 19.2 Å². The zero-order valence-electron chi connectivity index (χ0n) is 19.0. The summed E-state index contributed by atoms with van der Waals surface area (Å²) in [4.78, 5) is 19.1. The third-order valence-electron chi connectivity index (χ3n) is 5.14. The van der Waals surface area contributed by atoms with Crippen LogP contribution in [-0.2, 0) is 0 Å². The van der Waals surface area contributed by atoms with Gasteiger partial charge in [0, 0.05) is 29.0 Å². The van der Waals surface area contributed by atoms with Crippen molar-refractivity contribution in [3.05, 3.63) is 64.4 Å². The van der Waals surface area contributed by atoms with Crippen LogP contribution in [0.25, 0.3) is 15.9 Å². The highest BCUT2D eigenvalue weighted by Crippen LogP contribution is 2.39. The molecule has 0 saturated carbocycles. The summed E-state index contributed by atoms with van der Waals surface area (Å²) in [5.41, 5.74) is 6.03. The summed E-state index contributed by atoms with van der Waals surface area (Å²) >= 11 is 1.34. The lowest BCUT2D eigenvalue weighted by Crippen LogP contribution is -2.18. The van der Waals surface area contributed by atoms with Gasteiger partial charge in [0.25, 0.3) is 5.91 Å². The second-order valence-electron chi connectivity index (χ2n) is 7.25. The molecule has 0 bridgehead atoms. The molecule has 8 nitrogen and oxygen atoms in total. The number of methoxy groups -OCH3 is 3. The molecule has 0 saturated heterocycles. The molecule has 9 heteroatoms. The number of nitrogens with one attached hydrogen (secondary N) is 1. The number of ether oxygens (including phenoxy) is 3. The first kappa shape index (κ1) is 22.3. The maximum absolute atomic E-state index is 13.2. The summed E-state index contributed by atoms with van der Waals surface area (Å²) in [7, 11) is 4.62. The average molecular weight is 465 g/mol. The van der Waals surface area contributed by atoms with Crippen molar-refractivity contribution in [2.45, 2.75) is 13.8 Å². The average Bonchev–Trinajstić information content (AvgIpc) is 3.46. The van der Waals surface area contributed by atoms with Crippen LogP contribution >= 0.6 is 11.3 Å². The molecule has 0 aliphatic heterocycles. The van der Waals surface area contributed by atoms with Gasteiger partial charge >= 0.3 is 0 Å². The number of aryl methyl sites for hydroxylation is 2. The topological polar surface area (TPSA) is 87.0 Å². The predicted molar refractivity (Wildman–Crippen MR) is 130 cm³/mol. The Balaban J connectivity index is 1.69.